The van der Waals surface area contributed by atoms with Crippen LogP contribution < -0.4 is 0 Å². The van der Waals surface area contributed by atoms with E-state index >= 15 is 0 Å². The number of alkyl halides is 6. The molecule has 0 saturated carbocycles. The van der Waals surface area contributed by atoms with Crippen molar-refractivity contribution < 1.29 is 36.2 Å². The van der Waals surface area contributed by atoms with Crippen molar-refractivity contribution in [3.63, 3.8) is 0 Å². The predicted octanol–water partition coefficient (Wildman–Crippen LogP) is 1.54. The van der Waals surface area contributed by atoms with Crippen LogP contribution in [-0.2, 0) is 4.79 Å². The number of halogens is 6. The van der Waals surface area contributed by atoms with Gasteiger partial charge in [-0.1, -0.05) is 0 Å². The van der Waals surface area contributed by atoms with Gasteiger partial charge in [0.25, 0.3) is 0 Å². The van der Waals surface area contributed by atoms with Crippen molar-refractivity contribution in [1.29, 1.82) is 0 Å². The fourth-order valence-electron chi connectivity index (χ4n) is 3.16. The van der Waals surface area contributed by atoms with Gasteiger partial charge in [-0.05, 0) is 25.8 Å². The second kappa shape index (κ2) is 5.88. The number of amides is 1. The van der Waals surface area contributed by atoms with E-state index in [1.807, 2.05) is 0 Å². The van der Waals surface area contributed by atoms with Crippen LogP contribution in [0.2, 0.25) is 0 Å². The minimum absolute atomic E-state index is 0.0377. The SMILES string of the molecule is O=C1[C@H](N2CCC[C@@H]2[C@H](O)C(F)(F)F)CCN1CC(F)(F)F. The third-order valence-electron chi connectivity index (χ3n) is 4.08. The molecule has 4 nitrogen and oxygen atoms in total. The molecule has 0 aromatic carbocycles. The van der Waals surface area contributed by atoms with Crippen LogP contribution in [0, 0.1) is 0 Å². The molecule has 0 bridgehead atoms. The summed E-state index contributed by atoms with van der Waals surface area (Å²) >= 11 is 0. The van der Waals surface area contributed by atoms with Crippen LogP contribution in [0.25, 0.3) is 0 Å². The van der Waals surface area contributed by atoms with Gasteiger partial charge in [0.2, 0.25) is 5.91 Å². The Labute approximate surface area is 122 Å². The first-order valence-corrected chi connectivity index (χ1v) is 6.87. The van der Waals surface area contributed by atoms with Crippen LogP contribution in [0.3, 0.4) is 0 Å². The van der Waals surface area contributed by atoms with Crippen LogP contribution in [0.4, 0.5) is 26.3 Å². The molecule has 0 aromatic rings. The molecule has 2 rings (SSSR count). The van der Waals surface area contributed by atoms with Crippen molar-refractivity contribution in [2.45, 2.75) is 49.8 Å². The third-order valence-corrected chi connectivity index (χ3v) is 4.08. The molecular formula is C12H16F6N2O2. The van der Waals surface area contributed by atoms with E-state index in [-0.39, 0.29) is 25.9 Å². The van der Waals surface area contributed by atoms with Gasteiger partial charge in [0, 0.05) is 12.6 Å². The van der Waals surface area contributed by atoms with Crippen molar-refractivity contribution in [1.82, 2.24) is 9.80 Å². The van der Waals surface area contributed by atoms with Gasteiger partial charge in [0.1, 0.15) is 6.54 Å². The average Bonchev–Trinajstić information content (AvgIpc) is 2.93. The summed E-state index contributed by atoms with van der Waals surface area (Å²) in [6.45, 7) is -1.38. The maximum atomic E-state index is 12.6. The van der Waals surface area contributed by atoms with Crippen molar-refractivity contribution in [3.8, 4) is 0 Å². The van der Waals surface area contributed by atoms with Crippen LogP contribution in [0.15, 0.2) is 0 Å². The number of carbonyl (C=O) groups is 1. The smallest absolute Gasteiger partial charge is 0.382 e. The minimum Gasteiger partial charge on any atom is -0.382 e. The molecule has 2 heterocycles. The highest BCUT2D eigenvalue weighted by Gasteiger charge is 2.51. The third kappa shape index (κ3) is 3.65. The lowest BCUT2D eigenvalue weighted by Crippen LogP contribution is -2.53. The van der Waals surface area contributed by atoms with Gasteiger partial charge in [0.15, 0.2) is 6.10 Å². The van der Waals surface area contributed by atoms with Crippen LogP contribution in [0.1, 0.15) is 19.3 Å². The highest BCUT2D eigenvalue weighted by Crippen LogP contribution is 2.34. The molecule has 2 aliphatic heterocycles. The quantitative estimate of drug-likeness (QED) is 0.797. The van der Waals surface area contributed by atoms with Crippen LogP contribution in [-0.4, -0.2) is 71.0 Å². The zero-order valence-electron chi connectivity index (χ0n) is 11.5. The van der Waals surface area contributed by atoms with E-state index in [9.17, 15) is 36.2 Å². The molecule has 0 spiro atoms. The molecular weight excluding hydrogens is 318 g/mol. The molecule has 10 heteroatoms. The molecule has 0 aliphatic carbocycles. The molecule has 3 atom stereocenters. The van der Waals surface area contributed by atoms with E-state index in [1.165, 1.54) is 4.90 Å². The number of hydrogen-bond acceptors (Lipinski definition) is 3. The van der Waals surface area contributed by atoms with Gasteiger partial charge in [-0.25, -0.2) is 0 Å². The lowest BCUT2D eigenvalue weighted by molar-refractivity contribution is -0.220. The molecule has 2 saturated heterocycles. The van der Waals surface area contributed by atoms with E-state index in [0.717, 1.165) is 0 Å². The van der Waals surface area contributed by atoms with Gasteiger partial charge >= 0.3 is 12.4 Å². The first-order valence-electron chi connectivity index (χ1n) is 6.87. The maximum absolute atomic E-state index is 12.6. The van der Waals surface area contributed by atoms with Gasteiger partial charge in [-0.3, -0.25) is 9.69 Å². The van der Waals surface area contributed by atoms with Crippen molar-refractivity contribution in [3.05, 3.63) is 0 Å². The van der Waals surface area contributed by atoms with Gasteiger partial charge in [0.05, 0.1) is 6.04 Å². The second-order valence-electron chi connectivity index (χ2n) is 5.61. The monoisotopic (exact) mass is 334 g/mol. The normalized spacial score (nSPS) is 29.4. The van der Waals surface area contributed by atoms with E-state index in [2.05, 4.69) is 0 Å². The Kier molecular flexibility index (Phi) is 4.63. The Morgan fingerprint density at radius 2 is 1.77 bits per heavy atom. The van der Waals surface area contributed by atoms with Crippen molar-refractivity contribution in [2.24, 2.45) is 0 Å². The summed E-state index contributed by atoms with van der Waals surface area (Å²) in [5, 5.41) is 9.38. The highest BCUT2D eigenvalue weighted by atomic mass is 19.4. The topological polar surface area (TPSA) is 43.8 Å². The standard InChI is InChI=1S/C12H16F6N2O2/c13-11(14,15)6-19-5-3-8(10(19)22)20-4-1-2-7(20)9(21)12(16,17)18/h7-9,21H,1-6H2/t7-,8-,9+/m1/s1. The highest BCUT2D eigenvalue weighted by molar-refractivity contribution is 5.84. The largest absolute Gasteiger partial charge is 0.415 e. The first kappa shape index (κ1) is 17.3. The lowest BCUT2D eigenvalue weighted by atomic mass is 10.1. The molecule has 0 unspecified atom stereocenters. The summed E-state index contributed by atoms with van der Waals surface area (Å²) in [6.07, 6.45) is -11.5. The molecule has 22 heavy (non-hydrogen) atoms. The van der Waals surface area contributed by atoms with Crippen molar-refractivity contribution >= 4 is 5.91 Å². The van der Waals surface area contributed by atoms with E-state index in [4.69, 9.17) is 0 Å². The average molecular weight is 334 g/mol. The maximum Gasteiger partial charge on any atom is 0.415 e. The van der Waals surface area contributed by atoms with Gasteiger partial charge in [-0.2, -0.15) is 26.3 Å². The minimum atomic E-state index is -4.82. The summed E-state index contributed by atoms with van der Waals surface area (Å²) in [5.74, 6) is -0.821. The Morgan fingerprint density at radius 3 is 2.32 bits per heavy atom. The van der Waals surface area contributed by atoms with E-state index in [0.29, 0.717) is 11.3 Å². The van der Waals surface area contributed by atoms with Gasteiger partial charge in [-0.15, -0.1) is 0 Å². The fourth-order valence-corrected chi connectivity index (χ4v) is 3.16. The zero-order chi connectivity index (χ0) is 16.7. The second-order valence-corrected chi connectivity index (χ2v) is 5.61. The first-order chi connectivity index (χ1) is 10.0. The Bertz CT molecular complexity index is 425. The summed E-state index contributed by atoms with van der Waals surface area (Å²) in [5.41, 5.74) is 0. The summed E-state index contributed by atoms with van der Waals surface area (Å²) in [7, 11) is 0. The number of aliphatic hydroxyl groups excluding tert-OH is 1. The molecule has 1 amide bonds. The molecule has 0 aromatic heterocycles. The summed E-state index contributed by atoms with van der Waals surface area (Å²) in [4.78, 5) is 13.8. The number of nitrogens with zero attached hydrogens (tertiary/aromatic N) is 2. The van der Waals surface area contributed by atoms with Gasteiger partial charge < -0.3 is 10.0 Å². The Hall–Kier alpha value is -1.03. The summed E-state index contributed by atoms with van der Waals surface area (Å²) < 4.78 is 75.0. The fraction of sp³-hybridized carbons (Fsp3) is 0.917. The van der Waals surface area contributed by atoms with Crippen molar-refractivity contribution in [2.75, 3.05) is 19.6 Å². The Balaban J connectivity index is 2.07. The number of carbonyl (C=O) groups excluding carboxylic acids is 1. The number of likely N-dealkylation sites (tertiary alicyclic amines) is 2. The van der Waals surface area contributed by atoms with Crippen LogP contribution in [0.5, 0.6) is 0 Å². The molecule has 0 radical (unpaired) electrons. The van der Waals surface area contributed by atoms with Crippen LogP contribution >= 0.6 is 0 Å². The number of hydrogen-bond donors (Lipinski definition) is 1. The molecule has 1 N–H and O–H groups in total. The molecule has 2 fully saturated rings. The lowest BCUT2D eigenvalue weighted by Gasteiger charge is -2.33. The summed E-state index contributed by atoms with van der Waals surface area (Å²) in [6, 6.07) is -2.30. The number of aliphatic hydroxyl groups is 1. The van der Waals surface area contributed by atoms with E-state index < -0.39 is 43.0 Å². The predicted molar refractivity (Wildman–Crippen MR) is 62.8 cm³/mol. The molecule has 2 aliphatic rings. The zero-order valence-corrected chi connectivity index (χ0v) is 11.5. The number of rotatable bonds is 3. The van der Waals surface area contributed by atoms with E-state index in [1.54, 1.807) is 0 Å². The Morgan fingerprint density at radius 1 is 1.14 bits per heavy atom. The molecule has 128 valence electrons.